The summed E-state index contributed by atoms with van der Waals surface area (Å²) in [5.41, 5.74) is 2.37. The molecule has 2 aromatic rings. The number of benzene rings is 2. The Bertz CT molecular complexity index is 818. The van der Waals surface area contributed by atoms with Crippen molar-refractivity contribution in [2.75, 3.05) is 25.6 Å². The van der Waals surface area contributed by atoms with E-state index in [9.17, 15) is 14.4 Å². The molecule has 28 heavy (non-hydrogen) atoms. The molecule has 0 spiro atoms. The van der Waals surface area contributed by atoms with Crippen LogP contribution in [0.15, 0.2) is 48.5 Å². The fourth-order valence-corrected chi connectivity index (χ4v) is 2.57. The van der Waals surface area contributed by atoms with Gasteiger partial charge in [-0.1, -0.05) is 30.3 Å². The molecular weight excluding hydrogens is 360 g/mol. The first kappa shape index (κ1) is 21.0. The zero-order valence-corrected chi connectivity index (χ0v) is 16.0. The summed E-state index contributed by atoms with van der Waals surface area (Å²) in [4.78, 5) is 34.7. The van der Waals surface area contributed by atoms with Gasteiger partial charge in [-0.2, -0.15) is 0 Å². The summed E-state index contributed by atoms with van der Waals surface area (Å²) in [6.07, 6.45) is 0.666. The Kier molecular flexibility index (Phi) is 8.02. The highest BCUT2D eigenvalue weighted by Gasteiger charge is 2.09. The van der Waals surface area contributed by atoms with Crippen LogP contribution in [0.25, 0.3) is 0 Å². The second-order valence-electron chi connectivity index (χ2n) is 6.13. The normalized spacial score (nSPS) is 10.1. The number of amides is 2. The first-order chi connectivity index (χ1) is 13.5. The van der Waals surface area contributed by atoms with Gasteiger partial charge in [0, 0.05) is 19.2 Å². The van der Waals surface area contributed by atoms with Crippen LogP contribution in [0.5, 0.6) is 5.75 Å². The molecule has 2 N–H and O–H groups in total. The van der Waals surface area contributed by atoms with Crippen LogP contribution in [0.3, 0.4) is 0 Å². The molecule has 0 bridgehead atoms. The zero-order valence-electron chi connectivity index (χ0n) is 16.0. The van der Waals surface area contributed by atoms with E-state index in [1.165, 1.54) is 6.92 Å². The Hall–Kier alpha value is -3.35. The van der Waals surface area contributed by atoms with E-state index < -0.39 is 5.97 Å². The number of hydrogen-bond acceptors (Lipinski definition) is 5. The van der Waals surface area contributed by atoms with Crippen molar-refractivity contribution in [3.8, 4) is 5.75 Å². The van der Waals surface area contributed by atoms with Gasteiger partial charge in [0.15, 0.2) is 6.61 Å². The number of methoxy groups -OCH3 is 1. The summed E-state index contributed by atoms with van der Waals surface area (Å²) in [6, 6.07) is 14.4. The minimum Gasteiger partial charge on any atom is -0.496 e. The summed E-state index contributed by atoms with van der Waals surface area (Å²) in [7, 11) is 1.60. The van der Waals surface area contributed by atoms with Gasteiger partial charge >= 0.3 is 5.97 Å². The molecule has 0 aromatic heterocycles. The molecule has 148 valence electrons. The lowest BCUT2D eigenvalue weighted by atomic mass is 10.1. The first-order valence-corrected chi connectivity index (χ1v) is 8.88. The number of ether oxygens (including phenoxy) is 2. The molecule has 0 atom stereocenters. The van der Waals surface area contributed by atoms with E-state index in [4.69, 9.17) is 9.47 Å². The van der Waals surface area contributed by atoms with Gasteiger partial charge in [0.25, 0.3) is 5.91 Å². The van der Waals surface area contributed by atoms with Crippen LogP contribution in [0.1, 0.15) is 18.1 Å². The monoisotopic (exact) mass is 384 g/mol. The van der Waals surface area contributed by atoms with Gasteiger partial charge in [-0.3, -0.25) is 14.4 Å². The molecule has 0 aliphatic rings. The van der Waals surface area contributed by atoms with Crippen LogP contribution in [0, 0.1) is 0 Å². The zero-order chi connectivity index (χ0) is 20.4. The van der Waals surface area contributed by atoms with E-state index in [1.54, 1.807) is 31.4 Å². The summed E-state index contributed by atoms with van der Waals surface area (Å²) < 4.78 is 10.3. The SMILES string of the molecule is COc1ccccc1CCNC(=O)COC(=O)Cc1ccc(NC(C)=O)cc1. The van der Waals surface area contributed by atoms with Gasteiger partial charge in [-0.25, -0.2) is 0 Å². The maximum Gasteiger partial charge on any atom is 0.310 e. The number of anilines is 1. The Balaban J connectivity index is 1.69. The molecule has 0 radical (unpaired) electrons. The minimum atomic E-state index is -0.493. The highest BCUT2D eigenvalue weighted by Crippen LogP contribution is 2.17. The topological polar surface area (TPSA) is 93.7 Å². The minimum absolute atomic E-state index is 0.0504. The standard InChI is InChI=1S/C21H24N2O5/c1-15(24)23-18-9-7-16(8-10-18)13-21(26)28-14-20(25)22-12-11-17-5-3-4-6-19(17)27-2/h3-10H,11-14H2,1-2H3,(H,22,25)(H,23,24). The van der Waals surface area contributed by atoms with Gasteiger partial charge < -0.3 is 20.1 Å². The predicted octanol–water partition coefficient (Wildman–Crippen LogP) is 2.10. The van der Waals surface area contributed by atoms with E-state index in [2.05, 4.69) is 10.6 Å². The van der Waals surface area contributed by atoms with Crippen LogP contribution in [-0.4, -0.2) is 38.0 Å². The number of para-hydroxylation sites is 1. The summed E-state index contributed by atoms with van der Waals surface area (Å²) >= 11 is 0. The highest BCUT2D eigenvalue weighted by molar-refractivity contribution is 5.88. The molecule has 0 saturated carbocycles. The average Bonchev–Trinajstić information content (AvgIpc) is 2.68. The third kappa shape index (κ3) is 7.11. The molecule has 0 saturated heterocycles. The Morgan fingerprint density at radius 3 is 2.39 bits per heavy atom. The molecule has 2 rings (SSSR count). The lowest BCUT2D eigenvalue weighted by Crippen LogP contribution is -2.30. The summed E-state index contributed by atoms with van der Waals surface area (Å²) in [5.74, 6) is -0.243. The van der Waals surface area contributed by atoms with E-state index in [0.29, 0.717) is 18.7 Å². The summed E-state index contributed by atoms with van der Waals surface area (Å²) in [6.45, 7) is 1.52. The molecule has 0 unspecified atom stereocenters. The molecule has 2 aromatic carbocycles. The van der Waals surface area contributed by atoms with Crippen molar-refractivity contribution in [3.63, 3.8) is 0 Å². The van der Waals surface area contributed by atoms with Crippen molar-refractivity contribution in [2.24, 2.45) is 0 Å². The number of hydrogen-bond donors (Lipinski definition) is 2. The van der Waals surface area contributed by atoms with Crippen molar-refractivity contribution in [1.29, 1.82) is 0 Å². The van der Waals surface area contributed by atoms with Crippen molar-refractivity contribution < 1.29 is 23.9 Å². The number of carbonyl (C=O) groups is 3. The van der Waals surface area contributed by atoms with Crippen molar-refractivity contribution in [3.05, 3.63) is 59.7 Å². The maximum atomic E-state index is 11.9. The van der Waals surface area contributed by atoms with E-state index >= 15 is 0 Å². The molecular formula is C21H24N2O5. The van der Waals surface area contributed by atoms with Gasteiger partial charge in [0.1, 0.15) is 5.75 Å². The van der Waals surface area contributed by atoms with E-state index in [1.807, 2.05) is 24.3 Å². The second kappa shape index (κ2) is 10.7. The molecule has 2 amide bonds. The molecule has 7 heteroatoms. The Labute approximate surface area is 164 Å². The van der Waals surface area contributed by atoms with Gasteiger partial charge in [0.2, 0.25) is 5.91 Å². The van der Waals surface area contributed by atoms with Gasteiger partial charge in [-0.15, -0.1) is 0 Å². The van der Waals surface area contributed by atoms with Crippen LogP contribution in [-0.2, 0) is 32.0 Å². The second-order valence-corrected chi connectivity index (χ2v) is 6.13. The largest absolute Gasteiger partial charge is 0.496 e. The Morgan fingerprint density at radius 2 is 1.71 bits per heavy atom. The lowest BCUT2D eigenvalue weighted by molar-refractivity contribution is -0.147. The average molecular weight is 384 g/mol. The highest BCUT2D eigenvalue weighted by atomic mass is 16.5. The van der Waals surface area contributed by atoms with E-state index in [-0.39, 0.29) is 24.8 Å². The summed E-state index contributed by atoms with van der Waals surface area (Å²) in [5, 5.41) is 5.36. The number of esters is 1. The fourth-order valence-electron chi connectivity index (χ4n) is 2.57. The van der Waals surface area contributed by atoms with Crippen molar-refractivity contribution in [2.45, 2.75) is 19.8 Å². The third-order valence-electron chi connectivity index (χ3n) is 3.90. The lowest BCUT2D eigenvalue weighted by Gasteiger charge is -2.09. The molecule has 0 aliphatic carbocycles. The number of rotatable bonds is 9. The molecule has 0 heterocycles. The molecule has 0 fully saturated rings. The van der Waals surface area contributed by atoms with Crippen LogP contribution >= 0.6 is 0 Å². The van der Waals surface area contributed by atoms with Crippen LogP contribution in [0.2, 0.25) is 0 Å². The quantitative estimate of drug-likeness (QED) is 0.646. The predicted molar refractivity (Wildman–Crippen MR) is 105 cm³/mol. The van der Waals surface area contributed by atoms with Crippen molar-refractivity contribution >= 4 is 23.5 Å². The van der Waals surface area contributed by atoms with E-state index in [0.717, 1.165) is 16.9 Å². The number of carbonyl (C=O) groups excluding carboxylic acids is 3. The van der Waals surface area contributed by atoms with Gasteiger partial charge in [-0.05, 0) is 35.7 Å². The third-order valence-corrected chi connectivity index (χ3v) is 3.90. The smallest absolute Gasteiger partial charge is 0.310 e. The first-order valence-electron chi connectivity index (χ1n) is 8.88. The van der Waals surface area contributed by atoms with Crippen LogP contribution in [0.4, 0.5) is 5.69 Å². The van der Waals surface area contributed by atoms with Crippen LogP contribution < -0.4 is 15.4 Å². The van der Waals surface area contributed by atoms with Gasteiger partial charge in [0.05, 0.1) is 13.5 Å². The maximum absolute atomic E-state index is 11.9. The molecule has 0 aliphatic heterocycles. The fraction of sp³-hybridized carbons (Fsp3) is 0.286. The Morgan fingerprint density at radius 1 is 1.00 bits per heavy atom. The van der Waals surface area contributed by atoms with Crippen molar-refractivity contribution in [1.82, 2.24) is 5.32 Å². The number of nitrogens with one attached hydrogen (secondary N) is 2. The molecule has 7 nitrogen and oxygen atoms in total.